The highest BCUT2D eigenvalue weighted by atomic mass is 16.7. The number of aromatic amines is 2. The van der Waals surface area contributed by atoms with Crippen molar-refractivity contribution in [3.63, 3.8) is 0 Å². The fraction of sp³-hybridized carbons (Fsp3) is 0.0455. The van der Waals surface area contributed by atoms with E-state index in [1.807, 2.05) is 36.4 Å². The minimum Gasteiger partial charge on any atom is -0.501 e. The van der Waals surface area contributed by atoms with Crippen LogP contribution in [0, 0.1) is 0 Å². The molecule has 7 heteroatoms. The Morgan fingerprint density at radius 1 is 0.966 bits per heavy atom. The first-order valence-electron chi connectivity index (χ1n) is 9.26. The molecule has 0 radical (unpaired) electrons. The van der Waals surface area contributed by atoms with E-state index in [4.69, 9.17) is 14.0 Å². The van der Waals surface area contributed by atoms with Crippen LogP contribution in [-0.2, 0) is 15.9 Å². The van der Waals surface area contributed by atoms with E-state index in [0.29, 0.717) is 29.5 Å². The van der Waals surface area contributed by atoms with E-state index in [0.717, 1.165) is 16.3 Å². The number of carbonyl (C=O) groups excluding carboxylic acids is 1. The van der Waals surface area contributed by atoms with E-state index >= 15 is 0 Å². The van der Waals surface area contributed by atoms with Crippen molar-refractivity contribution in [3.8, 4) is 5.75 Å². The molecule has 2 aromatic heterocycles. The number of rotatable bonds is 5. The highest BCUT2D eigenvalue weighted by molar-refractivity contribution is 6.39. The van der Waals surface area contributed by atoms with E-state index in [-0.39, 0.29) is 5.78 Å². The van der Waals surface area contributed by atoms with E-state index in [1.54, 1.807) is 24.5 Å². The lowest BCUT2D eigenvalue weighted by Gasteiger charge is -2.24. The van der Waals surface area contributed by atoms with E-state index < -0.39 is 7.32 Å². The van der Waals surface area contributed by atoms with Crippen LogP contribution in [0.3, 0.4) is 0 Å². The van der Waals surface area contributed by atoms with Gasteiger partial charge in [-0.2, -0.15) is 0 Å². The molecule has 142 valence electrons. The molecule has 29 heavy (non-hydrogen) atoms. The second-order valence-corrected chi connectivity index (χ2v) is 6.68. The molecule has 0 atom stereocenters. The molecule has 4 aromatic rings. The van der Waals surface area contributed by atoms with Crippen LogP contribution in [0.25, 0.3) is 16.5 Å². The zero-order valence-electron chi connectivity index (χ0n) is 15.4. The Labute approximate surface area is 167 Å². The molecule has 0 bridgehead atoms. The van der Waals surface area contributed by atoms with Gasteiger partial charge in [-0.05, 0) is 47.2 Å². The molecule has 2 aromatic carbocycles. The van der Waals surface area contributed by atoms with Gasteiger partial charge in [0.15, 0.2) is 0 Å². The highest BCUT2D eigenvalue weighted by Crippen LogP contribution is 2.31. The van der Waals surface area contributed by atoms with Crippen molar-refractivity contribution < 1.29 is 18.8 Å². The SMILES string of the molecule is O=C(/C=C(\OB1OCc2cc3ccccc3cc2O1)c1ccc[nH]1)c1ccc[nH]1. The quantitative estimate of drug-likeness (QED) is 0.232. The van der Waals surface area contributed by atoms with Gasteiger partial charge in [0.1, 0.15) is 11.5 Å². The number of fused-ring (bicyclic) bond motifs is 2. The first-order chi connectivity index (χ1) is 14.3. The summed E-state index contributed by atoms with van der Waals surface area (Å²) in [4.78, 5) is 18.5. The number of ketones is 1. The number of hydrogen-bond donors (Lipinski definition) is 2. The number of benzene rings is 2. The van der Waals surface area contributed by atoms with E-state index in [9.17, 15) is 4.79 Å². The van der Waals surface area contributed by atoms with Crippen LogP contribution >= 0.6 is 0 Å². The van der Waals surface area contributed by atoms with Gasteiger partial charge < -0.3 is 23.9 Å². The van der Waals surface area contributed by atoms with E-state index in [2.05, 4.69) is 22.1 Å². The number of nitrogens with one attached hydrogen (secondary N) is 2. The first-order valence-corrected chi connectivity index (χ1v) is 9.26. The van der Waals surface area contributed by atoms with Crippen molar-refractivity contribution in [2.24, 2.45) is 0 Å². The molecule has 2 N–H and O–H groups in total. The zero-order valence-corrected chi connectivity index (χ0v) is 15.4. The molecule has 1 aliphatic rings. The Hall–Kier alpha value is -3.71. The second-order valence-electron chi connectivity index (χ2n) is 6.68. The first kappa shape index (κ1) is 17.4. The normalized spacial score (nSPS) is 13.8. The fourth-order valence-electron chi connectivity index (χ4n) is 3.29. The molecule has 3 heterocycles. The van der Waals surface area contributed by atoms with E-state index in [1.165, 1.54) is 6.08 Å². The maximum atomic E-state index is 12.5. The van der Waals surface area contributed by atoms with Crippen LogP contribution in [0.15, 0.2) is 79.1 Å². The van der Waals surface area contributed by atoms with Gasteiger partial charge >= 0.3 is 7.32 Å². The lowest BCUT2D eigenvalue weighted by molar-refractivity contribution is 0.104. The van der Waals surface area contributed by atoms with Gasteiger partial charge in [-0.3, -0.25) is 4.79 Å². The summed E-state index contributed by atoms with van der Waals surface area (Å²) in [5, 5.41) is 2.20. The average molecular weight is 384 g/mol. The molecule has 0 spiro atoms. The van der Waals surface area contributed by atoms with Gasteiger partial charge in [0.2, 0.25) is 5.78 Å². The molecule has 0 saturated carbocycles. The van der Waals surface area contributed by atoms with Crippen LogP contribution in [0.1, 0.15) is 21.7 Å². The lowest BCUT2D eigenvalue weighted by atomic mass is 10.0. The summed E-state index contributed by atoms with van der Waals surface area (Å²) in [5.41, 5.74) is 2.08. The summed E-state index contributed by atoms with van der Waals surface area (Å²) in [7, 11) is -0.963. The molecule has 0 saturated heterocycles. The third kappa shape index (κ3) is 3.55. The van der Waals surface area contributed by atoms with Crippen molar-refractivity contribution in [1.82, 2.24) is 9.97 Å². The number of hydrogen-bond acceptors (Lipinski definition) is 4. The summed E-state index contributed by atoms with van der Waals surface area (Å²) in [5.74, 6) is 0.840. The molecule has 0 aliphatic carbocycles. The highest BCUT2D eigenvalue weighted by Gasteiger charge is 2.34. The standard InChI is InChI=1S/C22H17BN2O4/c26-20(18-7-3-9-24-18)13-22(19-8-4-10-25-19)29-23-27-14-17-11-15-5-1-2-6-16(15)12-21(17)28-23/h1-13,24-25H,14H2/b22-13-. The predicted octanol–water partition coefficient (Wildman–Crippen LogP) is 4.33. The van der Waals surface area contributed by atoms with Crippen LogP contribution in [0.4, 0.5) is 0 Å². The maximum absolute atomic E-state index is 12.5. The van der Waals surface area contributed by atoms with Gasteiger partial charge in [0.25, 0.3) is 0 Å². The number of carbonyl (C=O) groups is 1. The van der Waals surface area contributed by atoms with Gasteiger partial charge in [0, 0.05) is 24.0 Å². The summed E-state index contributed by atoms with van der Waals surface area (Å²) >= 11 is 0. The van der Waals surface area contributed by atoms with Crippen molar-refractivity contribution in [2.75, 3.05) is 0 Å². The minimum atomic E-state index is -0.963. The summed E-state index contributed by atoms with van der Waals surface area (Å²) in [6.07, 6.45) is 4.88. The molecular formula is C22H17BN2O4. The minimum absolute atomic E-state index is 0.207. The van der Waals surface area contributed by atoms with Gasteiger partial charge in [-0.15, -0.1) is 0 Å². The van der Waals surface area contributed by atoms with Crippen molar-refractivity contribution in [1.29, 1.82) is 0 Å². The monoisotopic (exact) mass is 384 g/mol. The summed E-state index contributed by atoms with van der Waals surface area (Å²) in [6, 6.07) is 19.2. The van der Waals surface area contributed by atoms with Crippen molar-refractivity contribution >= 4 is 29.6 Å². The summed E-state index contributed by atoms with van der Waals surface area (Å²) in [6.45, 7) is 0.355. The van der Waals surface area contributed by atoms with Gasteiger partial charge in [0.05, 0.1) is 18.0 Å². The number of allylic oxidation sites excluding steroid dienone is 1. The van der Waals surface area contributed by atoms with Crippen molar-refractivity contribution in [2.45, 2.75) is 6.61 Å². The van der Waals surface area contributed by atoms with Crippen LogP contribution in [0.5, 0.6) is 5.75 Å². The molecule has 0 fully saturated rings. The molecule has 0 unspecified atom stereocenters. The van der Waals surface area contributed by atoms with Gasteiger partial charge in [-0.25, -0.2) is 0 Å². The lowest BCUT2D eigenvalue weighted by Crippen LogP contribution is -2.33. The second kappa shape index (κ2) is 7.37. The van der Waals surface area contributed by atoms with Crippen LogP contribution < -0.4 is 4.65 Å². The van der Waals surface area contributed by atoms with Gasteiger partial charge in [-0.1, -0.05) is 24.3 Å². The fourth-order valence-corrected chi connectivity index (χ4v) is 3.29. The topological polar surface area (TPSA) is 76.3 Å². The predicted molar refractivity (Wildman–Crippen MR) is 110 cm³/mol. The number of H-pyrrole nitrogens is 2. The molecule has 0 amide bonds. The molecule has 6 nitrogen and oxygen atoms in total. The van der Waals surface area contributed by atoms with Crippen LogP contribution in [0.2, 0.25) is 0 Å². The smallest absolute Gasteiger partial charge is 0.501 e. The third-order valence-electron chi connectivity index (χ3n) is 4.74. The largest absolute Gasteiger partial charge is 0.788 e. The third-order valence-corrected chi connectivity index (χ3v) is 4.74. The summed E-state index contributed by atoms with van der Waals surface area (Å²) < 4.78 is 17.6. The average Bonchev–Trinajstić information content (AvgIpc) is 3.46. The Balaban J connectivity index is 1.41. The van der Waals surface area contributed by atoms with Crippen LogP contribution in [-0.4, -0.2) is 23.1 Å². The molecule has 5 rings (SSSR count). The number of aromatic nitrogens is 2. The Morgan fingerprint density at radius 3 is 2.41 bits per heavy atom. The zero-order chi connectivity index (χ0) is 19.6. The molecular weight excluding hydrogens is 367 g/mol. The Kier molecular flexibility index (Phi) is 4.42. The Bertz CT molecular complexity index is 1180. The maximum Gasteiger partial charge on any atom is 0.788 e. The van der Waals surface area contributed by atoms with Crippen molar-refractivity contribution in [3.05, 3.63) is 96.1 Å². The Morgan fingerprint density at radius 2 is 1.69 bits per heavy atom. The molecule has 1 aliphatic heterocycles.